The van der Waals surface area contributed by atoms with Crippen LogP contribution in [0.3, 0.4) is 0 Å². The average molecular weight is 263 g/mol. The molecular weight excluding hydrogens is 242 g/mol. The van der Waals surface area contributed by atoms with Crippen molar-refractivity contribution in [3.05, 3.63) is 35.4 Å². The van der Waals surface area contributed by atoms with Crippen LogP contribution in [0.25, 0.3) is 0 Å². The van der Waals surface area contributed by atoms with E-state index in [-0.39, 0.29) is 6.42 Å². The van der Waals surface area contributed by atoms with Crippen LogP contribution < -0.4 is 0 Å². The van der Waals surface area contributed by atoms with Gasteiger partial charge in [0.2, 0.25) is 0 Å². The van der Waals surface area contributed by atoms with Gasteiger partial charge < -0.3 is 14.7 Å². The van der Waals surface area contributed by atoms with Gasteiger partial charge in [-0.05, 0) is 30.5 Å². The molecule has 1 aliphatic rings. The molecule has 1 atom stereocenters. The van der Waals surface area contributed by atoms with Gasteiger partial charge in [0.05, 0.1) is 13.0 Å². The third-order valence-corrected chi connectivity index (χ3v) is 3.42. The third-order valence-electron chi connectivity index (χ3n) is 3.42. The largest absolute Gasteiger partial charge is 0.481 e. The van der Waals surface area contributed by atoms with E-state index >= 15 is 0 Å². The number of nitrogens with zero attached hydrogens (tertiary/aromatic N) is 1. The number of ether oxygens (including phenoxy) is 1. The number of benzene rings is 1. The highest BCUT2D eigenvalue weighted by Crippen LogP contribution is 2.15. The van der Waals surface area contributed by atoms with Gasteiger partial charge in [-0.25, -0.2) is 0 Å². The minimum absolute atomic E-state index is 0.0928. The van der Waals surface area contributed by atoms with Gasteiger partial charge in [-0.2, -0.15) is 0 Å². The zero-order chi connectivity index (χ0) is 13.7. The van der Waals surface area contributed by atoms with E-state index in [2.05, 4.69) is 11.9 Å². The average Bonchev–Trinajstić information content (AvgIpc) is 2.83. The maximum absolute atomic E-state index is 10.6. The lowest BCUT2D eigenvalue weighted by Gasteiger charge is -2.20. The van der Waals surface area contributed by atoms with Crippen molar-refractivity contribution >= 4 is 5.97 Å². The molecule has 104 valence electrons. The summed E-state index contributed by atoms with van der Waals surface area (Å²) in [6.07, 6.45) is 1.25. The number of carbonyl (C=O) groups is 1. The van der Waals surface area contributed by atoms with Gasteiger partial charge >= 0.3 is 5.97 Å². The smallest absolute Gasteiger partial charge is 0.307 e. The number of hydrogen-bond acceptors (Lipinski definition) is 3. The van der Waals surface area contributed by atoms with Gasteiger partial charge in [-0.1, -0.05) is 24.3 Å². The molecule has 0 aromatic heterocycles. The molecule has 0 amide bonds. The first-order valence-electron chi connectivity index (χ1n) is 6.69. The van der Waals surface area contributed by atoms with Crippen molar-refractivity contribution in [2.24, 2.45) is 5.92 Å². The molecular formula is C15H21NO3. The summed E-state index contributed by atoms with van der Waals surface area (Å²) >= 11 is 0. The molecule has 1 aliphatic heterocycles. The van der Waals surface area contributed by atoms with E-state index in [0.29, 0.717) is 5.92 Å². The maximum Gasteiger partial charge on any atom is 0.307 e. The van der Waals surface area contributed by atoms with Crippen molar-refractivity contribution in [3.8, 4) is 0 Å². The second-order valence-electron chi connectivity index (χ2n) is 5.31. The van der Waals surface area contributed by atoms with Crippen LogP contribution in [0.5, 0.6) is 0 Å². The highest BCUT2D eigenvalue weighted by molar-refractivity contribution is 5.70. The molecule has 0 saturated carbocycles. The summed E-state index contributed by atoms with van der Waals surface area (Å²) in [6, 6.07) is 7.83. The summed E-state index contributed by atoms with van der Waals surface area (Å²) in [4.78, 5) is 12.9. The Morgan fingerprint density at radius 2 is 2.05 bits per heavy atom. The van der Waals surface area contributed by atoms with Crippen LogP contribution in [0.2, 0.25) is 0 Å². The van der Waals surface area contributed by atoms with Gasteiger partial charge in [0.25, 0.3) is 0 Å². The molecule has 0 aliphatic carbocycles. The van der Waals surface area contributed by atoms with Crippen molar-refractivity contribution in [1.82, 2.24) is 4.90 Å². The molecule has 2 rings (SSSR count). The van der Waals surface area contributed by atoms with Crippen LogP contribution in [0.1, 0.15) is 17.5 Å². The molecule has 1 N–H and O–H groups in total. The Morgan fingerprint density at radius 1 is 1.37 bits per heavy atom. The molecule has 0 bridgehead atoms. The van der Waals surface area contributed by atoms with E-state index in [1.165, 1.54) is 5.56 Å². The first-order valence-corrected chi connectivity index (χ1v) is 6.69. The summed E-state index contributed by atoms with van der Waals surface area (Å²) in [5.74, 6) is -0.137. The van der Waals surface area contributed by atoms with Gasteiger partial charge in [0, 0.05) is 19.7 Å². The van der Waals surface area contributed by atoms with Crippen molar-refractivity contribution in [2.45, 2.75) is 19.4 Å². The van der Waals surface area contributed by atoms with Crippen molar-refractivity contribution in [3.63, 3.8) is 0 Å². The summed E-state index contributed by atoms with van der Waals surface area (Å²) in [7, 11) is 2.11. The molecule has 19 heavy (non-hydrogen) atoms. The Bertz CT molecular complexity index is 410. The zero-order valence-corrected chi connectivity index (χ0v) is 11.3. The minimum Gasteiger partial charge on any atom is -0.481 e. The lowest BCUT2D eigenvalue weighted by atomic mass is 10.1. The Kier molecular flexibility index (Phi) is 4.93. The predicted octanol–water partition coefficient (Wildman–Crippen LogP) is 1.78. The molecule has 1 aromatic carbocycles. The first kappa shape index (κ1) is 14.0. The van der Waals surface area contributed by atoms with Crippen LogP contribution in [0.4, 0.5) is 0 Å². The highest BCUT2D eigenvalue weighted by Gasteiger charge is 2.17. The second-order valence-corrected chi connectivity index (χ2v) is 5.31. The molecule has 1 unspecified atom stereocenters. The van der Waals surface area contributed by atoms with Crippen LogP contribution in [0.15, 0.2) is 24.3 Å². The van der Waals surface area contributed by atoms with Gasteiger partial charge in [-0.15, -0.1) is 0 Å². The van der Waals surface area contributed by atoms with E-state index < -0.39 is 5.97 Å². The summed E-state index contributed by atoms with van der Waals surface area (Å²) < 4.78 is 5.38. The highest BCUT2D eigenvalue weighted by atomic mass is 16.5. The van der Waals surface area contributed by atoms with Crippen LogP contribution in [-0.4, -0.2) is 42.8 Å². The van der Waals surface area contributed by atoms with Gasteiger partial charge in [0.1, 0.15) is 0 Å². The van der Waals surface area contributed by atoms with E-state index in [4.69, 9.17) is 9.84 Å². The molecule has 1 heterocycles. The molecule has 4 heteroatoms. The summed E-state index contributed by atoms with van der Waals surface area (Å²) in [5, 5.41) is 8.72. The molecule has 1 fully saturated rings. The fourth-order valence-electron chi connectivity index (χ4n) is 2.48. The molecule has 1 saturated heterocycles. The van der Waals surface area contributed by atoms with E-state index in [9.17, 15) is 4.79 Å². The molecule has 4 nitrogen and oxygen atoms in total. The number of carboxylic acids is 1. The van der Waals surface area contributed by atoms with Crippen molar-refractivity contribution < 1.29 is 14.6 Å². The van der Waals surface area contributed by atoms with Crippen LogP contribution in [-0.2, 0) is 22.5 Å². The lowest BCUT2D eigenvalue weighted by molar-refractivity contribution is -0.136. The normalized spacial score (nSPS) is 18.9. The Balaban J connectivity index is 1.82. The fourth-order valence-corrected chi connectivity index (χ4v) is 2.48. The quantitative estimate of drug-likeness (QED) is 0.850. The summed E-state index contributed by atoms with van der Waals surface area (Å²) in [5.41, 5.74) is 2.07. The second kappa shape index (κ2) is 6.68. The van der Waals surface area contributed by atoms with E-state index in [0.717, 1.165) is 38.3 Å². The first-order chi connectivity index (χ1) is 9.13. The standard InChI is InChI=1S/C15H21NO3/c1-16(10-14-6-7-19-11-14)9-13-4-2-12(3-5-13)8-15(17)18/h2-5,14H,6-11H2,1H3,(H,17,18). The summed E-state index contributed by atoms with van der Waals surface area (Å²) in [6.45, 7) is 3.71. The number of carboxylic acid groups (broad SMARTS) is 1. The molecule has 1 aromatic rings. The minimum atomic E-state index is -0.786. The van der Waals surface area contributed by atoms with Crippen LogP contribution >= 0.6 is 0 Å². The topological polar surface area (TPSA) is 49.8 Å². The Morgan fingerprint density at radius 3 is 2.63 bits per heavy atom. The SMILES string of the molecule is CN(Cc1ccc(CC(=O)O)cc1)CC1CCOC1. The number of hydrogen-bond donors (Lipinski definition) is 1. The molecule has 0 radical (unpaired) electrons. The monoisotopic (exact) mass is 263 g/mol. The van der Waals surface area contributed by atoms with Crippen LogP contribution in [0, 0.1) is 5.92 Å². The Labute approximate surface area is 114 Å². The van der Waals surface area contributed by atoms with Gasteiger partial charge in [-0.3, -0.25) is 4.79 Å². The van der Waals surface area contributed by atoms with Crippen molar-refractivity contribution in [2.75, 3.05) is 26.8 Å². The third kappa shape index (κ3) is 4.65. The number of rotatable bonds is 6. The van der Waals surface area contributed by atoms with E-state index in [1.54, 1.807) is 0 Å². The maximum atomic E-state index is 10.6. The van der Waals surface area contributed by atoms with Gasteiger partial charge in [0.15, 0.2) is 0 Å². The zero-order valence-electron chi connectivity index (χ0n) is 11.3. The number of aliphatic carboxylic acids is 1. The molecule has 0 spiro atoms. The fraction of sp³-hybridized carbons (Fsp3) is 0.533. The predicted molar refractivity (Wildman–Crippen MR) is 73.0 cm³/mol. The van der Waals surface area contributed by atoms with E-state index in [1.807, 2.05) is 24.3 Å². The Hall–Kier alpha value is -1.39. The lowest BCUT2D eigenvalue weighted by Crippen LogP contribution is -2.25. The van der Waals surface area contributed by atoms with Crippen molar-refractivity contribution in [1.29, 1.82) is 0 Å².